The third-order valence-corrected chi connectivity index (χ3v) is 5.49. The predicted octanol–water partition coefficient (Wildman–Crippen LogP) is 5.02. The highest BCUT2D eigenvalue weighted by Crippen LogP contribution is 2.22. The highest BCUT2D eigenvalue weighted by Gasteiger charge is 2.09. The summed E-state index contributed by atoms with van der Waals surface area (Å²) in [4.78, 5) is 17.5. The molecule has 4 nitrogen and oxygen atoms in total. The number of unbranched alkanes of at least 4 members (excludes halogenated alkanes) is 1. The van der Waals surface area contributed by atoms with Crippen molar-refractivity contribution in [2.24, 2.45) is 4.99 Å². The summed E-state index contributed by atoms with van der Waals surface area (Å²) in [6.07, 6.45) is 7.59. The van der Waals surface area contributed by atoms with Crippen molar-refractivity contribution in [2.45, 2.75) is 26.3 Å². The van der Waals surface area contributed by atoms with Crippen LogP contribution in [0.15, 0.2) is 51.9 Å². The van der Waals surface area contributed by atoms with Crippen molar-refractivity contribution < 1.29 is 9.53 Å². The van der Waals surface area contributed by atoms with Crippen LogP contribution < -0.4 is 9.54 Å². The summed E-state index contributed by atoms with van der Waals surface area (Å²) in [6, 6.07) is 13.0. The zero-order chi connectivity index (χ0) is 19.2. The number of carbonyl (C=O) groups is 1. The van der Waals surface area contributed by atoms with Crippen molar-refractivity contribution in [1.82, 2.24) is 4.57 Å². The fraction of sp³-hybridized carbons (Fsp3) is 0.238. The first-order valence-electron chi connectivity index (χ1n) is 8.66. The molecule has 0 spiro atoms. The molecule has 0 N–H and O–H groups in total. The Kier molecular flexibility index (Phi) is 6.49. The molecule has 0 aliphatic heterocycles. The molecule has 6 heteroatoms. The normalized spacial score (nSPS) is 11.5. The molecule has 0 unspecified atom stereocenters. The zero-order valence-corrected chi connectivity index (χ0v) is 17.3. The Morgan fingerprint density at radius 2 is 2.07 bits per heavy atom. The second-order valence-corrected chi connectivity index (χ2v) is 7.86. The number of aromatic nitrogens is 1. The minimum atomic E-state index is -0.300. The van der Waals surface area contributed by atoms with Crippen LogP contribution in [0.4, 0.5) is 0 Å². The molecule has 0 saturated heterocycles. The number of nitrogens with zero attached hydrogens (tertiary/aromatic N) is 2. The van der Waals surface area contributed by atoms with Crippen molar-refractivity contribution >= 4 is 43.4 Å². The van der Waals surface area contributed by atoms with E-state index in [0.29, 0.717) is 23.5 Å². The molecule has 3 aromatic rings. The Bertz CT molecular complexity index is 1060. The number of carbonyl (C=O) groups excluding carboxylic acids is 1. The van der Waals surface area contributed by atoms with Crippen LogP contribution in [0.2, 0.25) is 0 Å². The number of terminal acetylenes is 1. The molecule has 0 atom stereocenters. The highest BCUT2D eigenvalue weighted by molar-refractivity contribution is 9.10. The van der Waals surface area contributed by atoms with Crippen LogP contribution in [0, 0.1) is 12.3 Å². The Morgan fingerprint density at radius 1 is 1.30 bits per heavy atom. The monoisotopic (exact) mass is 442 g/mol. The molecule has 138 valence electrons. The first kappa shape index (κ1) is 19.4. The Hall–Kier alpha value is -2.36. The summed E-state index contributed by atoms with van der Waals surface area (Å²) in [5, 5.41) is 0. The van der Waals surface area contributed by atoms with Crippen LogP contribution in [0.1, 0.15) is 30.1 Å². The molecular weight excluding hydrogens is 424 g/mol. The number of thiazole rings is 1. The van der Waals surface area contributed by atoms with E-state index in [1.54, 1.807) is 24.3 Å². The van der Waals surface area contributed by atoms with Gasteiger partial charge in [-0.25, -0.2) is 0 Å². The molecule has 1 amide bonds. The molecule has 0 bridgehead atoms. The van der Waals surface area contributed by atoms with E-state index in [4.69, 9.17) is 11.2 Å². The molecule has 27 heavy (non-hydrogen) atoms. The van der Waals surface area contributed by atoms with E-state index in [-0.39, 0.29) is 5.91 Å². The maximum atomic E-state index is 12.6. The topological polar surface area (TPSA) is 43.6 Å². The zero-order valence-electron chi connectivity index (χ0n) is 14.9. The summed E-state index contributed by atoms with van der Waals surface area (Å²) < 4.78 is 9.50. The number of fused-ring (bicyclic) bond motifs is 1. The van der Waals surface area contributed by atoms with E-state index in [0.717, 1.165) is 33.3 Å². The third kappa shape index (κ3) is 4.68. The average molecular weight is 443 g/mol. The van der Waals surface area contributed by atoms with Gasteiger partial charge in [0.15, 0.2) is 4.80 Å². The lowest BCUT2D eigenvalue weighted by atomic mass is 10.2. The average Bonchev–Trinajstić information content (AvgIpc) is 2.99. The number of amides is 1. The van der Waals surface area contributed by atoms with Gasteiger partial charge in [-0.2, -0.15) is 4.99 Å². The molecule has 0 fully saturated rings. The Labute approximate surface area is 170 Å². The van der Waals surface area contributed by atoms with Crippen molar-refractivity contribution in [3.63, 3.8) is 0 Å². The molecule has 0 aliphatic carbocycles. The standard InChI is InChI=1S/C21H19BrN2O2S/c1-3-5-13-26-17-9-6-15(7-10-17)20(25)23-21-24(12-4-2)18-11-8-16(22)14-19(18)27-21/h2,6-11,14H,3,5,12-13H2,1H3. The number of hydrogen-bond donors (Lipinski definition) is 0. The summed E-state index contributed by atoms with van der Waals surface area (Å²) in [5.74, 6) is 3.09. The number of hydrogen-bond acceptors (Lipinski definition) is 3. The van der Waals surface area contributed by atoms with Gasteiger partial charge in [-0.05, 0) is 48.9 Å². The van der Waals surface area contributed by atoms with Crippen LogP contribution in [0.25, 0.3) is 10.2 Å². The first-order chi connectivity index (χ1) is 13.1. The van der Waals surface area contributed by atoms with Crippen LogP contribution in [-0.2, 0) is 6.54 Å². The number of halogens is 1. The largest absolute Gasteiger partial charge is 0.494 e. The van der Waals surface area contributed by atoms with Gasteiger partial charge < -0.3 is 9.30 Å². The molecule has 1 heterocycles. The van der Waals surface area contributed by atoms with Crippen LogP contribution in [-0.4, -0.2) is 17.1 Å². The number of ether oxygens (including phenoxy) is 1. The van der Waals surface area contributed by atoms with Crippen LogP contribution >= 0.6 is 27.3 Å². The van der Waals surface area contributed by atoms with Gasteiger partial charge in [-0.1, -0.05) is 46.5 Å². The SMILES string of the molecule is C#CCn1c(=NC(=O)c2ccc(OCCCC)cc2)sc2cc(Br)ccc21. The fourth-order valence-corrected chi connectivity index (χ4v) is 4.14. The molecular formula is C21H19BrN2O2S. The third-order valence-electron chi connectivity index (χ3n) is 3.96. The van der Waals surface area contributed by atoms with Gasteiger partial charge in [0, 0.05) is 10.0 Å². The fourth-order valence-electron chi connectivity index (χ4n) is 2.56. The maximum Gasteiger partial charge on any atom is 0.279 e. The van der Waals surface area contributed by atoms with Gasteiger partial charge in [0.1, 0.15) is 5.75 Å². The molecule has 0 radical (unpaired) electrons. The van der Waals surface area contributed by atoms with Gasteiger partial charge in [-0.15, -0.1) is 6.42 Å². The minimum Gasteiger partial charge on any atom is -0.494 e. The van der Waals surface area contributed by atoms with E-state index in [1.165, 1.54) is 11.3 Å². The van der Waals surface area contributed by atoms with Crippen molar-refractivity contribution in [2.75, 3.05) is 6.61 Å². The molecule has 1 aromatic heterocycles. The second-order valence-electron chi connectivity index (χ2n) is 5.93. The molecule has 2 aromatic carbocycles. The van der Waals surface area contributed by atoms with Crippen LogP contribution in [0.5, 0.6) is 5.75 Å². The summed E-state index contributed by atoms with van der Waals surface area (Å²) >= 11 is 4.91. The molecule has 0 saturated carbocycles. The summed E-state index contributed by atoms with van der Waals surface area (Å²) in [6.45, 7) is 3.15. The highest BCUT2D eigenvalue weighted by atomic mass is 79.9. The van der Waals surface area contributed by atoms with Gasteiger partial charge in [-0.3, -0.25) is 4.79 Å². The van der Waals surface area contributed by atoms with Crippen molar-refractivity contribution in [1.29, 1.82) is 0 Å². The van der Waals surface area contributed by atoms with E-state index in [2.05, 4.69) is 33.8 Å². The van der Waals surface area contributed by atoms with Crippen molar-refractivity contribution in [3.8, 4) is 18.1 Å². The van der Waals surface area contributed by atoms with E-state index < -0.39 is 0 Å². The minimum absolute atomic E-state index is 0.300. The van der Waals surface area contributed by atoms with Gasteiger partial charge in [0.2, 0.25) is 0 Å². The van der Waals surface area contributed by atoms with E-state index in [9.17, 15) is 4.79 Å². The van der Waals surface area contributed by atoms with Gasteiger partial charge >= 0.3 is 0 Å². The Morgan fingerprint density at radius 3 is 2.78 bits per heavy atom. The van der Waals surface area contributed by atoms with E-state index >= 15 is 0 Å². The lowest BCUT2D eigenvalue weighted by molar-refractivity contribution is 0.0998. The quantitative estimate of drug-likeness (QED) is 0.397. The van der Waals surface area contributed by atoms with Crippen LogP contribution in [0.3, 0.4) is 0 Å². The number of benzene rings is 2. The predicted molar refractivity (Wildman–Crippen MR) is 113 cm³/mol. The van der Waals surface area contributed by atoms with Gasteiger partial charge in [0.25, 0.3) is 5.91 Å². The Balaban J connectivity index is 1.90. The second kappa shape index (κ2) is 9.03. The summed E-state index contributed by atoms with van der Waals surface area (Å²) in [5.41, 5.74) is 1.48. The lowest BCUT2D eigenvalue weighted by Crippen LogP contribution is -2.16. The van der Waals surface area contributed by atoms with E-state index in [1.807, 2.05) is 22.8 Å². The first-order valence-corrected chi connectivity index (χ1v) is 10.3. The van der Waals surface area contributed by atoms with Crippen molar-refractivity contribution in [3.05, 3.63) is 57.3 Å². The van der Waals surface area contributed by atoms with Gasteiger partial charge in [0.05, 0.1) is 23.4 Å². The lowest BCUT2D eigenvalue weighted by Gasteiger charge is -2.05. The smallest absolute Gasteiger partial charge is 0.279 e. The molecule has 0 aliphatic rings. The number of rotatable bonds is 6. The molecule has 3 rings (SSSR count). The maximum absolute atomic E-state index is 12.6. The summed E-state index contributed by atoms with van der Waals surface area (Å²) in [7, 11) is 0.